The molecule has 1 atom stereocenters. The van der Waals surface area contributed by atoms with Gasteiger partial charge in [-0.25, -0.2) is 0 Å². The van der Waals surface area contributed by atoms with Gasteiger partial charge in [-0.1, -0.05) is 0 Å². The maximum atomic E-state index is 12.6. The standard InChI is InChI=1S/C18H25N3O6/c1-4-27-18(23)13-7-9-20(10-8-13)12(2)17(22)19-15-6-5-14(21(24)25)11-16(15)26-3/h5-6,11-13H,4,7-10H2,1-3H3,(H,19,22)/t12-/m0/s1. The van der Waals surface area contributed by atoms with Gasteiger partial charge < -0.3 is 14.8 Å². The van der Waals surface area contributed by atoms with E-state index in [0.29, 0.717) is 38.2 Å². The van der Waals surface area contributed by atoms with Crippen LogP contribution in [0.1, 0.15) is 26.7 Å². The van der Waals surface area contributed by atoms with Crippen molar-refractivity contribution >= 4 is 23.3 Å². The molecule has 27 heavy (non-hydrogen) atoms. The highest BCUT2D eigenvalue weighted by molar-refractivity contribution is 5.96. The van der Waals surface area contributed by atoms with Gasteiger partial charge in [-0.2, -0.15) is 0 Å². The first-order valence-corrected chi connectivity index (χ1v) is 8.91. The minimum Gasteiger partial charge on any atom is -0.494 e. The van der Waals surface area contributed by atoms with E-state index in [-0.39, 0.29) is 29.2 Å². The van der Waals surface area contributed by atoms with E-state index >= 15 is 0 Å². The van der Waals surface area contributed by atoms with Crippen molar-refractivity contribution in [3.63, 3.8) is 0 Å². The summed E-state index contributed by atoms with van der Waals surface area (Å²) in [5.74, 6) is -0.307. The molecule has 0 radical (unpaired) electrons. The average molecular weight is 379 g/mol. The van der Waals surface area contributed by atoms with Crippen molar-refractivity contribution in [2.45, 2.75) is 32.7 Å². The third-order valence-electron chi connectivity index (χ3n) is 4.73. The number of nitrogens with zero attached hydrogens (tertiary/aromatic N) is 2. The van der Waals surface area contributed by atoms with Crippen LogP contribution in [0.2, 0.25) is 0 Å². The SMILES string of the molecule is CCOC(=O)C1CCN([C@@H](C)C(=O)Nc2ccc([N+](=O)[O-])cc2OC)CC1. The lowest BCUT2D eigenvalue weighted by atomic mass is 9.96. The van der Waals surface area contributed by atoms with Crippen LogP contribution in [0.4, 0.5) is 11.4 Å². The zero-order valence-corrected chi connectivity index (χ0v) is 15.8. The number of rotatable bonds is 7. The molecule has 1 saturated heterocycles. The second kappa shape index (κ2) is 9.31. The maximum absolute atomic E-state index is 12.6. The van der Waals surface area contributed by atoms with Crippen LogP contribution in [-0.2, 0) is 14.3 Å². The lowest BCUT2D eigenvalue weighted by Gasteiger charge is -2.34. The molecule has 1 heterocycles. The van der Waals surface area contributed by atoms with Crippen LogP contribution in [-0.4, -0.2) is 54.5 Å². The Hall–Kier alpha value is -2.68. The lowest BCUT2D eigenvalue weighted by Crippen LogP contribution is -2.47. The first-order chi connectivity index (χ1) is 12.9. The van der Waals surface area contributed by atoms with Gasteiger partial charge in [-0.05, 0) is 45.8 Å². The number of methoxy groups -OCH3 is 1. The lowest BCUT2D eigenvalue weighted by molar-refractivity contribution is -0.384. The number of piperidine rings is 1. The number of amides is 1. The van der Waals surface area contributed by atoms with Crippen molar-refractivity contribution in [1.29, 1.82) is 0 Å². The third kappa shape index (κ3) is 5.16. The Kier molecular flexibility index (Phi) is 7.12. The Morgan fingerprint density at radius 2 is 2.04 bits per heavy atom. The number of non-ortho nitro benzene ring substituents is 1. The van der Waals surface area contributed by atoms with Crippen LogP contribution in [0.3, 0.4) is 0 Å². The summed E-state index contributed by atoms with van der Waals surface area (Å²) < 4.78 is 10.2. The topological polar surface area (TPSA) is 111 Å². The summed E-state index contributed by atoms with van der Waals surface area (Å²) in [6, 6.07) is 3.63. The van der Waals surface area contributed by atoms with E-state index in [9.17, 15) is 19.7 Å². The summed E-state index contributed by atoms with van der Waals surface area (Å²) in [7, 11) is 1.39. The molecule has 0 aromatic heterocycles. The molecule has 9 heteroatoms. The van der Waals surface area contributed by atoms with Crippen LogP contribution in [0.25, 0.3) is 0 Å². The molecule has 0 aliphatic carbocycles. The number of hydrogen-bond acceptors (Lipinski definition) is 7. The molecule has 1 fully saturated rings. The van der Waals surface area contributed by atoms with Crippen molar-refractivity contribution < 1.29 is 24.0 Å². The molecule has 2 rings (SSSR count). The number of nitrogens with one attached hydrogen (secondary N) is 1. The van der Waals surface area contributed by atoms with Gasteiger partial charge in [0.15, 0.2) is 0 Å². The van der Waals surface area contributed by atoms with Gasteiger partial charge in [0.1, 0.15) is 5.75 Å². The number of hydrogen-bond donors (Lipinski definition) is 1. The van der Waals surface area contributed by atoms with E-state index in [0.717, 1.165) is 0 Å². The van der Waals surface area contributed by atoms with Crippen LogP contribution >= 0.6 is 0 Å². The highest BCUT2D eigenvalue weighted by Gasteiger charge is 2.30. The smallest absolute Gasteiger partial charge is 0.309 e. The first kappa shape index (κ1) is 20.6. The fraction of sp³-hybridized carbons (Fsp3) is 0.556. The van der Waals surface area contributed by atoms with E-state index in [1.54, 1.807) is 13.8 Å². The average Bonchev–Trinajstić information content (AvgIpc) is 2.67. The van der Waals surface area contributed by atoms with Gasteiger partial charge in [0.2, 0.25) is 5.91 Å². The van der Waals surface area contributed by atoms with E-state index in [1.165, 1.54) is 25.3 Å². The number of nitro benzene ring substituents is 1. The molecule has 1 aromatic rings. The molecule has 0 unspecified atom stereocenters. The molecular formula is C18H25N3O6. The molecule has 148 valence electrons. The van der Waals surface area contributed by atoms with Gasteiger partial charge in [-0.15, -0.1) is 0 Å². The van der Waals surface area contributed by atoms with Gasteiger partial charge in [0.05, 0.1) is 42.4 Å². The molecule has 0 spiro atoms. The van der Waals surface area contributed by atoms with E-state index in [4.69, 9.17) is 9.47 Å². The van der Waals surface area contributed by atoms with E-state index in [2.05, 4.69) is 5.32 Å². The summed E-state index contributed by atoms with van der Waals surface area (Å²) in [5, 5.41) is 13.6. The predicted octanol–water partition coefficient (Wildman–Crippen LogP) is 2.21. The van der Waals surface area contributed by atoms with Gasteiger partial charge >= 0.3 is 5.97 Å². The minimum atomic E-state index is -0.523. The zero-order valence-electron chi connectivity index (χ0n) is 15.8. The van der Waals surface area contributed by atoms with Gasteiger partial charge in [0.25, 0.3) is 5.69 Å². The fourth-order valence-corrected chi connectivity index (χ4v) is 3.08. The number of nitro groups is 1. The molecular weight excluding hydrogens is 354 g/mol. The van der Waals surface area contributed by atoms with Crippen LogP contribution < -0.4 is 10.1 Å². The highest BCUT2D eigenvalue weighted by Crippen LogP contribution is 2.29. The monoisotopic (exact) mass is 379 g/mol. The number of benzene rings is 1. The Labute approximate surface area is 157 Å². The number of esters is 1. The molecule has 9 nitrogen and oxygen atoms in total. The Morgan fingerprint density at radius 3 is 2.59 bits per heavy atom. The van der Waals surface area contributed by atoms with Crippen molar-refractivity contribution in [1.82, 2.24) is 4.90 Å². The molecule has 0 saturated carbocycles. The van der Waals surface area contributed by atoms with Crippen molar-refractivity contribution in [2.75, 3.05) is 32.1 Å². The summed E-state index contributed by atoms with van der Waals surface area (Å²) in [5.41, 5.74) is 0.264. The molecule has 0 bridgehead atoms. The first-order valence-electron chi connectivity index (χ1n) is 8.91. The number of ether oxygens (including phenoxy) is 2. The Bertz CT molecular complexity index is 700. The summed E-state index contributed by atoms with van der Waals surface area (Å²) >= 11 is 0. The molecule has 1 aromatic carbocycles. The molecule has 1 amide bonds. The highest BCUT2D eigenvalue weighted by atomic mass is 16.6. The number of carbonyl (C=O) groups excluding carboxylic acids is 2. The van der Waals surface area contributed by atoms with Crippen LogP contribution in [0.15, 0.2) is 18.2 Å². The Balaban J connectivity index is 1.96. The fourth-order valence-electron chi connectivity index (χ4n) is 3.08. The van der Waals surface area contributed by atoms with E-state index in [1.807, 2.05) is 4.90 Å². The zero-order chi connectivity index (χ0) is 20.0. The summed E-state index contributed by atoms with van der Waals surface area (Å²) in [6.45, 7) is 5.18. The second-order valence-corrected chi connectivity index (χ2v) is 6.37. The second-order valence-electron chi connectivity index (χ2n) is 6.37. The number of likely N-dealkylation sites (tertiary alicyclic amines) is 1. The summed E-state index contributed by atoms with van der Waals surface area (Å²) in [4.78, 5) is 36.7. The summed E-state index contributed by atoms with van der Waals surface area (Å²) in [6.07, 6.45) is 1.30. The third-order valence-corrected chi connectivity index (χ3v) is 4.73. The van der Waals surface area contributed by atoms with E-state index < -0.39 is 11.0 Å². The maximum Gasteiger partial charge on any atom is 0.309 e. The number of carbonyl (C=O) groups is 2. The quantitative estimate of drug-likeness (QED) is 0.439. The van der Waals surface area contributed by atoms with Gasteiger partial charge in [0, 0.05) is 6.07 Å². The van der Waals surface area contributed by atoms with Crippen LogP contribution in [0, 0.1) is 16.0 Å². The molecule has 1 N–H and O–H groups in total. The van der Waals surface area contributed by atoms with Crippen molar-refractivity contribution in [3.8, 4) is 5.75 Å². The minimum absolute atomic E-state index is 0.112. The van der Waals surface area contributed by atoms with Crippen LogP contribution in [0.5, 0.6) is 5.75 Å². The van der Waals surface area contributed by atoms with Gasteiger partial charge in [-0.3, -0.25) is 24.6 Å². The molecule has 1 aliphatic rings. The normalized spacial score (nSPS) is 16.4. The van der Waals surface area contributed by atoms with Crippen molar-refractivity contribution in [3.05, 3.63) is 28.3 Å². The number of anilines is 1. The molecule has 1 aliphatic heterocycles. The predicted molar refractivity (Wildman–Crippen MR) is 98.7 cm³/mol. The Morgan fingerprint density at radius 1 is 1.37 bits per heavy atom. The largest absolute Gasteiger partial charge is 0.494 e. The van der Waals surface area contributed by atoms with Crippen molar-refractivity contribution in [2.24, 2.45) is 5.92 Å².